The van der Waals surface area contributed by atoms with Crippen LogP contribution in [0.4, 0.5) is 13.2 Å². The zero-order valence-corrected chi connectivity index (χ0v) is 12.8. The third-order valence-corrected chi connectivity index (χ3v) is 3.92. The third-order valence-electron chi connectivity index (χ3n) is 3.92. The summed E-state index contributed by atoms with van der Waals surface area (Å²) in [6, 6.07) is 3.47. The van der Waals surface area contributed by atoms with Gasteiger partial charge in [-0.2, -0.15) is 5.10 Å². The number of halogens is 3. The van der Waals surface area contributed by atoms with E-state index in [4.69, 9.17) is 4.74 Å². The normalized spacial score (nSPS) is 16.3. The van der Waals surface area contributed by atoms with Crippen molar-refractivity contribution in [2.45, 2.75) is 25.7 Å². The lowest BCUT2D eigenvalue weighted by atomic mass is 10.0. The molecular formula is C16H17F3N2O3. The molecule has 0 bridgehead atoms. The Morgan fingerprint density at radius 1 is 1.29 bits per heavy atom. The maximum absolute atomic E-state index is 12.5. The molecule has 0 radical (unpaired) electrons. The van der Waals surface area contributed by atoms with Gasteiger partial charge in [-0.25, -0.2) is 0 Å². The van der Waals surface area contributed by atoms with Gasteiger partial charge < -0.3 is 14.6 Å². The molecule has 1 aromatic carbocycles. The number of aromatic hydroxyl groups is 1. The van der Waals surface area contributed by atoms with E-state index in [-0.39, 0.29) is 17.1 Å². The number of nitrogens with zero attached hydrogens (tertiary/aromatic N) is 2. The van der Waals surface area contributed by atoms with Crippen molar-refractivity contribution in [3.05, 3.63) is 30.6 Å². The average Bonchev–Trinajstić information content (AvgIpc) is 2.97. The molecule has 0 amide bonds. The first-order valence-electron chi connectivity index (χ1n) is 7.60. The molecule has 0 spiro atoms. The lowest BCUT2D eigenvalue weighted by Gasteiger charge is -2.21. The van der Waals surface area contributed by atoms with Crippen molar-refractivity contribution >= 4 is 0 Å². The zero-order chi connectivity index (χ0) is 17.2. The molecule has 5 nitrogen and oxygen atoms in total. The van der Waals surface area contributed by atoms with Gasteiger partial charge in [-0.1, -0.05) is 0 Å². The van der Waals surface area contributed by atoms with Crippen LogP contribution in [0.25, 0.3) is 11.1 Å². The van der Waals surface area contributed by atoms with Crippen molar-refractivity contribution in [1.29, 1.82) is 0 Å². The summed E-state index contributed by atoms with van der Waals surface area (Å²) in [5.41, 5.74) is 0.600. The fraction of sp³-hybridized carbons (Fsp3) is 0.438. The Kier molecular flexibility index (Phi) is 4.66. The summed E-state index contributed by atoms with van der Waals surface area (Å²) in [5, 5.41) is 13.8. The number of alkyl halides is 3. The van der Waals surface area contributed by atoms with Gasteiger partial charge in [0.2, 0.25) is 0 Å². The van der Waals surface area contributed by atoms with Gasteiger partial charge in [0.1, 0.15) is 11.5 Å². The van der Waals surface area contributed by atoms with Crippen LogP contribution in [0.15, 0.2) is 30.6 Å². The first-order chi connectivity index (χ1) is 11.4. The van der Waals surface area contributed by atoms with Crippen molar-refractivity contribution in [2.24, 2.45) is 5.92 Å². The summed E-state index contributed by atoms with van der Waals surface area (Å²) in [5.74, 6) is -0.0795. The minimum Gasteiger partial charge on any atom is -0.508 e. The number of benzene rings is 1. The van der Waals surface area contributed by atoms with Crippen LogP contribution in [0.5, 0.6) is 11.5 Å². The summed E-state index contributed by atoms with van der Waals surface area (Å²) in [4.78, 5) is 0. The highest BCUT2D eigenvalue weighted by molar-refractivity contribution is 5.70. The molecule has 1 fully saturated rings. The Morgan fingerprint density at radius 3 is 2.75 bits per heavy atom. The molecule has 1 aromatic heterocycles. The van der Waals surface area contributed by atoms with E-state index in [2.05, 4.69) is 9.84 Å². The standard InChI is InChI=1S/C16H17F3N2O3/c17-16(18,19)24-15-2-1-13(22)7-14(15)12-8-20-21(10-12)9-11-3-5-23-6-4-11/h1-2,7-8,10-11,22H,3-6,9H2. The Balaban J connectivity index is 1.82. The molecule has 0 atom stereocenters. The summed E-state index contributed by atoms with van der Waals surface area (Å²) in [6.45, 7) is 2.11. The predicted octanol–water partition coefficient (Wildman–Crippen LogP) is 3.58. The molecular weight excluding hydrogens is 325 g/mol. The molecule has 130 valence electrons. The van der Waals surface area contributed by atoms with Crippen molar-refractivity contribution in [3.63, 3.8) is 0 Å². The molecule has 2 heterocycles. The van der Waals surface area contributed by atoms with Crippen LogP contribution in [-0.2, 0) is 11.3 Å². The molecule has 1 N–H and O–H groups in total. The van der Waals surface area contributed by atoms with Gasteiger partial charge in [0, 0.05) is 37.1 Å². The minimum atomic E-state index is -4.80. The molecule has 1 aliphatic rings. The van der Waals surface area contributed by atoms with Crippen LogP contribution in [-0.4, -0.2) is 34.5 Å². The Labute approximate surface area is 136 Å². The van der Waals surface area contributed by atoms with Crippen molar-refractivity contribution in [1.82, 2.24) is 9.78 Å². The number of hydrogen-bond acceptors (Lipinski definition) is 4. The minimum absolute atomic E-state index is 0.142. The van der Waals surface area contributed by atoms with E-state index in [1.807, 2.05) is 0 Å². The average molecular weight is 342 g/mol. The molecule has 0 saturated carbocycles. The molecule has 0 unspecified atom stereocenters. The number of hydrogen-bond donors (Lipinski definition) is 1. The van der Waals surface area contributed by atoms with Gasteiger partial charge in [0.15, 0.2) is 0 Å². The lowest BCUT2D eigenvalue weighted by molar-refractivity contribution is -0.274. The van der Waals surface area contributed by atoms with E-state index in [0.29, 0.717) is 18.0 Å². The van der Waals surface area contributed by atoms with Crippen molar-refractivity contribution in [3.8, 4) is 22.6 Å². The largest absolute Gasteiger partial charge is 0.573 e. The molecule has 3 rings (SSSR count). The number of phenolic OH excluding ortho intramolecular Hbond substituents is 1. The van der Waals surface area contributed by atoms with Gasteiger partial charge in [-0.3, -0.25) is 4.68 Å². The summed E-state index contributed by atoms with van der Waals surface area (Å²) >= 11 is 0. The fourth-order valence-corrected chi connectivity index (χ4v) is 2.75. The smallest absolute Gasteiger partial charge is 0.508 e. The molecule has 8 heteroatoms. The topological polar surface area (TPSA) is 56.5 Å². The second-order valence-corrected chi connectivity index (χ2v) is 5.74. The van der Waals surface area contributed by atoms with Gasteiger partial charge in [-0.05, 0) is 37.0 Å². The van der Waals surface area contributed by atoms with E-state index in [1.54, 1.807) is 10.9 Å². The summed E-state index contributed by atoms with van der Waals surface area (Å²) in [7, 11) is 0. The van der Waals surface area contributed by atoms with E-state index < -0.39 is 6.36 Å². The summed E-state index contributed by atoms with van der Waals surface area (Å²) in [6.07, 6.45) is 0.197. The maximum Gasteiger partial charge on any atom is 0.573 e. The zero-order valence-electron chi connectivity index (χ0n) is 12.8. The van der Waals surface area contributed by atoms with Crippen molar-refractivity contribution < 1.29 is 27.8 Å². The van der Waals surface area contributed by atoms with Gasteiger partial charge >= 0.3 is 6.36 Å². The highest BCUT2D eigenvalue weighted by Gasteiger charge is 2.32. The second-order valence-electron chi connectivity index (χ2n) is 5.74. The van der Waals surface area contributed by atoms with Crippen LogP contribution in [0.3, 0.4) is 0 Å². The van der Waals surface area contributed by atoms with Crippen LogP contribution in [0.2, 0.25) is 0 Å². The van der Waals surface area contributed by atoms with E-state index in [9.17, 15) is 18.3 Å². The first kappa shape index (κ1) is 16.6. The van der Waals surface area contributed by atoms with E-state index in [1.165, 1.54) is 12.3 Å². The van der Waals surface area contributed by atoms with Crippen LogP contribution in [0, 0.1) is 5.92 Å². The predicted molar refractivity (Wildman–Crippen MR) is 79.6 cm³/mol. The third kappa shape index (κ3) is 4.19. The monoisotopic (exact) mass is 342 g/mol. The summed E-state index contributed by atoms with van der Waals surface area (Å²) < 4.78 is 48.6. The number of phenols is 1. The Morgan fingerprint density at radius 2 is 2.04 bits per heavy atom. The lowest BCUT2D eigenvalue weighted by Crippen LogP contribution is -2.20. The van der Waals surface area contributed by atoms with Crippen LogP contribution < -0.4 is 4.74 Å². The highest BCUT2D eigenvalue weighted by Crippen LogP contribution is 2.36. The molecule has 24 heavy (non-hydrogen) atoms. The molecule has 1 aliphatic heterocycles. The SMILES string of the molecule is Oc1ccc(OC(F)(F)F)c(-c2cnn(CC3CCOCC3)c2)c1. The quantitative estimate of drug-likeness (QED) is 0.923. The van der Waals surface area contributed by atoms with Gasteiger partial charge in [0.25, 0.3) is 0 Å². The number of ether oxygens (including phenoxy) is 2. The highest BCUT2D eigenvalue weighted by atomic mass is 19.4. The van der Waals surface area contributed by atoms with Gasteiger partial charge in [-0.15, -0.1) is 13.2 Å². The van der Waals surface area contributed by atoms with Gasteiger partial charge in [0.05, 0.1) is 6.20 Å². The van der Waals surface area contributed by atoms with Crippen molar-refractivity contribution in [2.75, 3.05) is 13.2 Å². The molecule has 1 saturated heterocycles. The molecule has 0 aliphatic carbocycles. The first-order valence-corrected chi connectivity index (χ1v) is 7.60. The Hall–Kier alpha value is -2.22. The van der Waals surface area contributed by atoms with Crippen LogP contribution in [0.1, 0.15) is 12.8 Å². The number of rotatable bonds is 4. The maximum atomic E-state index is 12.5. The number of aromatic nitrogens is 2. The van der Waals surface area contributed by atoms with Crippen LogP contribution >= 0.6 is 0 Å². The fourth-order valence-electron chi connectivity index (χ4n) is 2.75. The second kappa shape index (κ2) is 6.72. The molecule has 2 aromatic rings. The van der Waals surface area contributed by atoms with E-state index >= 15 is 0 Å². The Bertz CT molecular complexity index is 694. The van der Waals surface area contributed by atoms with E-state index in [0.717, 1.165) is 38.2 Å².